The number of thioether (sulfide) groups is 1. The Hall–Kier alpha value is -1.10. The summed E-state index contributed by atoms with van der Waals surface area (Å²) in [5.74, 6) is -1.10. The molecule has 1 saturated carbocycles. The number of rotatable bonds is 5. The third kappa shape index (κ3) is 3.70. The molecule has 1 aromatic carbocycles. The van der Waals surface area contributed by atoms with E-state index in [1.165, 1.54) is 23.9 Å². The monoisotopic (exact) mass is 257 g/mol. The van der Waals surface area contributed by atoms with E-state index in [4.69, 9.17) is 0 Å². The summed E-state index contributed by atoms with van der Waals surface area (Å²) in [7, 11) is 0. The van der Waals surface area contributed by atoms with E-state index < -0.39 is 11.6 Å². The lowest BCUT2D eigenvalue weighted by molar-refractivity contribution is -0.118. The maximum Gasteiger partial charge on any atom is 0.230 e. The van der Waals surface area contributed by atoms with E-state index in [2.05, 4.69) is 5.32 Å². The van der Waals surface area contributed by atoms with Crippen molar-refractivity contribution in [3.05, 3.63) is 35.4 Å². The molecule has 0 aliphatic heterocycles. The maximum atomic E-state index is 13.3. The van der Waals surface area contributed by atoms with Crippen molar-refractivity contribution in [1.29, 1.82) is 0 Å². The number of hydrogen-bond donors (Lipinski definition) is 1. The summed E-state index contributed by atoms with van der Waals surface area (Å²) in [5, 5.41) is 2.84. The van der Waals surface area contributed by atoms with Gasteiger partial charge in [-0.2, -0.15) is 0 Å². The van der Waals surface area contributed by atoms with E-state index in [9.17, 15) is 13.6 Å². The van der Waals surface area contributed by atoms with Gasteiger partial charge in [-0.15, -0.1) is 11.8 Å². The van der Waals surface area contributed by atoms with Crippen molar-refractivity contribution in [3.8, 4) is 0 Å². The molecule has 0 radical (unpaired) electrons. The first kappa shape index (κ1) is 12.4. The average Bonchev–Trinajstić information content (AvgIpc) is 3.08. The van der Waals surface area contributed by atoms with Gasteiger partial charge in [0.15, 0.2) is 11.6 Å². The van der Waals surface area contributed by atoms with Gasteiger partial charge in [0.2, 0.25) is 5.91 Å². The van der Waals surface area contributed by atoms with E-state index >= 15 is 0 Å². The Kier molecular flexibility index (Phi) is 3.99. The molecule has 2 rings (SSSR count). The average molecular weight is 257 g/mol. The molecule has 5 heteroatoms. The predicted octanol–water partition coefficient (Wildman–Crippen LogP) is 2.48. The molecule has 0 heterocycles. The van der Waals surface area contributed by atoms with Crippen molar-refractivity contribution < 1.29 is 13.6 Å². The van der Waals surface area contributed by atoms with Crippen LogP contribution in [-0.2, 0) is 10.5 Å². The molecular formula is C12H13F2NOS. The van der Waals surface area contributed by atoms with E-state index in [0.29, 0.717) is 17.4 Å². The third-order valence-corrected chi connectivity index (χ3v) is 3.45. The van der Waals surface area contributed by atoms with Crippen LogP contribution in [0.2, 0.25) is 0 Å². The zero-order chi connectivity index (χ0) is 12.3. The lowest BCUT2D eigenvalue weighted by atomic mass is 10.2. The number of carbonyl (C=O) groups excluding carboxylic acids is 1. The van der Waals surface area contributed by atoms with Gasteiger partial charge < -0.3 is 5.32 Å². The zero-order valence-electron chi connectivity index (χ0n) is 9.21. The number of halogens is 2. The maximum absolute atomic E-state index is 13.3. The lowest BCUT2D eigenvalue weighted by Crippen LogP contribution is -2.27. The van der Waals surface area contributed by atoms with Crippen LogP contribution in [0.25, 0.3) is 0 Å². The highest BCUT2D eigenvalue weighted by molar-refractivity contribution is 7.99. The van der Waals surface area contributed by atoms with Crippen molar-refractivity contribution in [2.75, 3.05) is 5.75 Å². The van der Waals surface area contributed by atoms with Gasteiger partial charge >= 0.3 is 0 Å². The topological polar surface area (TPSA) is 29.1 Å². The summed E-state index contributed by atoms with van der Waals surface area (Å²) in [6, 6.07) is 4.43. The lowest BCUT2D eigenvalue weighted by Gasteiger charge is -2.04. The molecule has 1 fully saturated rings. The van der Waals surface area contributed by atoms with Gasteiger partial charge in [-0.05, 0) is 18.9 Å². The van der Waals surface area contributed by atoms with Crippen LogP contribution < -0.4 is 5.32 Å². The summed E-state index contributed by atoms with van der Waals surface area (Å²) in [6.07, 6.45) is 2.10. The second-order valence-electron chi connectivity index (χ2n) is 4.05. The van der Waals surface area contributed by atoms with E-state index in [1.807, 2.05) is 0 Å². The van der Waals surface area contributed by atoms with Gasteiger partial charge in [-0.3, -0.25) is 4.79 Å². The number of amides is 1. The van der Waals surface area contributed by atoms with Crippen LogP contribution in [0.4, 0.5) is 8.78 Å². The molecule has 1 aromatic rings. The van der Waals surface area contributed by atoms with E-state index in [0.717, 1.165) is 18.9 Å². The minimum atomic E-state index is -0.842. The molecule has 1 amide bonds. The second-order valence-corrected chi connectivity index (χ2v) is 5.03. The van der Waals surface area contributed by atoms with Gasteiger partial charge in [0, 0.05) is 17.4 Å². The largest absolute Gasteiger partial charge is 0.353 e. The van der Waals surface area contributed by atoms with Gasteiger partial charge in [-0.25, -0.2) is 8.78 Å². The highest BCUT2D eigenvalue weighted by Gasteiger charge is 2.22. The predicted molar refractivity (Wildman–Crippen MR) is 63.7 cm³/mol. The van der Waals surface area contributed by atoms with Crippen molar-refractivity contribution in [3.63, 3.8) is 0 Å². The SMILES string of the molecule is O=C(CSCc1cccc(F)c1F)NC1CC1. The first-order chi connectivity index (χ1) is 8.16. The molecule has 0 saturated heterocycles. The molecular weight excluding hydrogens is 244 g/mol. The van der Waals surface area contributed by atoms with Crippen LogP contribution in [0.15, 0.2) is 18.2 Å². The molecule has 0 bridgehead atoms. The summed E-state index contributed by atoms with van der Waals surface area (Å²) in [4.78, 5) is 11.3. The third-order valence-electron chi connectivity index (χ3n) is 2.46. The van der Waals surface area contributed by atoms with Crippen LogP contribution in [-0.4, -0.2) is 17.7 Å². The first-order valence-corrected chi connectivity index (χ1v) is 6.62. The van der Waals surface area contributed by atoms with Crippen molar-refractivity contribution in [1.82, 2.24) is 5.32 Å². The van der Waals surface area contributed by atoms with E-state index in [-0.39, 0.29) is 11.7 Å². The number of carbonyl (C=O) groups is 1. The standard InChI is InChI=1S/C12H13F2NOS/c13-10-3-1-2-8(12(10)14)6-17-7-11(16)15-9-4-5-9/h1-3,9H,4-7H2,(H,15,16). The van der Waals surface area contributed by atoms with Crippen LogP contribution >= 0.6 is 11.8 Å². The Morgan fingerprint density at radius 2 is 2.18 bits per heavy atom. The molecule has 0 unspecified atom stereocenters. The Balaban J connectivity index is 1.77. The first-order valence-electron chi connectivity index (χ1n) is 5.47. The van der Waals surface area contributed by atoms with Gasteiger partial charge in [0.05, 0.1) is 5.75 Å². The zero-order valence-corrected chi connectivity index (χ0v) is 10.0. The molecule has 1 aliphatic carbocycles. The quantitative estimate of drug-likeness (QED) is 0.878. The molecule has 2 nitrogen and oxygen atoms in total. The van der Waals surface area contributed by atoms with Crippen LogP contribution in [0.1, 0.15) is 18.4 Å². The van der Waals surface area contributed by atoms with Crippen molar-refractivity contribution in [2.24, 2.45) is 0 Å². The number of benzene rings is 1. The van der Waals surface area contributed by atoms with Crippen molar-refractivity contribution in [2.45, 2.75) is 24.6 Å². The minimum absolute atomic E-state index is 0.0330. The molecule has 92 valence electrons. The Bertz CT molecular complexity index is 421. The summed E-state index contributed by atoms with van der Waals surface area (Å²) in [6.45, 7) is 0. The smallest absolute Gasteiger partial charge is 0.230 e. The van der Waals surface area contributed by atoms with Crippen LogP contribution in [0.5, 0.6) is 0 Å². The number of hydrogen-bond acceptors (Lipinski definition) is 2. The van der Waals surface area contributed by atoms with Crippen LogP contribution in [0, 0.1) is 11.6 Å². The van der Waals surface area contributed by atoms with E-state index in [1.54, 1.807) is 0 Å². The summed E-state index contributed by atoms with van der Waals surface area (Å²) < 4.78 is 26.1. The molecule has 17 heavy (non-hydrogen) atoms. The Labute approximate surface area is 103 Å². The second kappa shape index (κ2) is 5.49. The molecule has 0 aromatic heterocycles. The minimum Gasteiger partial charge on any atom is -0.353 e. The van der Waals surface area contributed by atoms with Gasteiger partial charge in [0.1, 0.15) is 0 Å². The highest BCUT2D eigenvalue weighted by atomic mass is 32.2. The van der Waals surface area contributed by atoms with Crippen LogP contribution in [0.3, 0.4) is 0 Å². The molecule has 0 spiro atoms. The summed E-state index contributed by atoms with van der Waals surface area (Å²) >= 11 is 1.29. The fourth-order valence-electron chi connectivity index (χ4n) is 1.41. The van der Waals surface area contributed by atoms with Crippen molar-refractivity contribution >= 4 is 17.7 Å². The Morgan fingerprint density at radius 1 is 1.41 bits per heavy atom. The normalized spacial score (nSPS) is 14.7. The molecule has 1 N–H and O–H groups in total. The molecule has 1 aliphatic rings. The van der Waals surface area contributed by atoms with Gasteiger partial charge in [0.25, 0.3) is 0 Å². The summed E-state index contributed by atoms with van der Waals surface area (Å²) in [5.41, 5.74) is 0.300. The number of nitrogens with one attached hydrogen (secondary N) is 1. The highest BCUT2D eigenvalue weighted by Crippen LogP contribution is 2.20. The fraction of sp³-hybridized carbons (Fsp3) is 0.417. The van der Waals surface area contributed by atoms with Gasteiger partial charge in [-0.1, -0.05) is 12.1 Å². The fourth-order valence-corrected chi connectivity index (χ4v) is 2.22. The molecule has 0 atom stereocenters. The Morgan fingerprint density at radius 3 is 2.88 bits per heavy atom.